The highest BCUT2D eigenvalue weighted by molar-refractivity contribution is 6.30. The fourth-order valence-electron chi connectivity index (χ4n) is 3.60. The molecular weight excluding hydrogens is 302 g/mol. The summed E-state index contributed by atoms with van der Waals surface area (Å²) in [6.07, 6.45) is 5.74. The molecule has 4 nitrogen and oxygen atoms in total. The molecule has 0 radical (unpaired) electrons. The third-order valence-corrected chi connectivity index (χ3v) is 4.97. The second-order valence-corrected chi connectivity index (χ2v) is 6.46. The van der Waals surface area contributed by atoms with Crippen LogP contribution in [-0.2, 0) is 16.1 Å². The molecule has 116 valence electrons. The Bertz CT molecular complexity index is 611. The first kappa shape index (κ1) is 15.1. The molecule has 4 rings (SSSR count). The summed E-state index contributed by atoms with van der Waals surface area (Å²) in [5.74, 6) is -2.08. The number of amides is 1. The van der Waals surface area contributed by atoms with E-state index in [9.17, 15) is 14.7 Å². The number of carbonyl (C=O) groups is 2. The standard InChI is InChI=1S/C17H18ClNO3/c18-13-7-1-10(2-8-13)9-19-16(20)14-11-3-5-12(6-4-11)15(14)17(21)22/h1-3,5,7-8,11-12,14-15H,4,6,9H2,(H,19,20)(H,21,22)/t11-,12+,14+,15+/m1/s1. The van der Waals surface area contributed by atoms with Crippen molar-refractivity contribution in [2.24, 2.45) is 23.7 Å². The third-order valence-electron chi connectivity index (χ3n) is 4.72. The monoisotopic (exact) mass is 319 g/mol. The normalized spacial score (nSPS) is 29.3. The van der Waals surface area contributed by atoms with Gasteiger partial charge in [-0.15, -0.1) is 0 Å². The van der Waals surface area contributed by atoms with Crippen LogP contribution in [0.25, 0.3) is 0 Å². The predicted molar refractivity (Wildman–Crippen MR) is 83.3 cm³/mol. The molecule has 22 heavy (non-hydrogen) atoms. The first-order valence-corrected chi connectivity index (χ1v) is 7.87. The summed E-state index contributed by atoms with van der Waals surface area (Å²) in [6, 6.07) is 7.25. The average molecular weight is 320 g/mol. The lowest BCUT2D eigenvalue weighted by Crippen LogP contribution is -2.48. The molecular formula is C17H18ClNO3. The molecule has 4 atom stereocenters. The van der Waals surface area contributed by atoms with Gasteiger partial charge in [0.25, 0.3) is 0 Å². The van der Waals surface area contributed by atoms with Crippen LogP contribution in [0.5, 0.6) is 0 Å². The number of fused-ring (bicyclic) bond motifs is 2. The van der Waals surface area contributed by atoms with Gasteiger partial charge in [-0.25, -0.2) is 0 Å². The van der Waals surface area contributed by atoms with Crippen LogP contribution < -0.4 is 5.32 Å². The maximum absolute atomic E-state index is 12.5. The highest BCUT2D eigenvalue weighted by Crippen LogP contribution is 2.45. The molecule has 3 aliphatic carbocycles. The lowest BCUT2D eigenvalue weighted by Gasteiger charge is -2.41. The molecule has 1 fully saturated rings. The summed E-state index contributed by atoms with van der Waals surface area (Å²) in [7, 11) is 0. The minimum Gasteiger partial charge on any atom is -0.481 e. The molecule has 1 aromatic rings. The van der Waals surface area contributed by atoms with Crippen molar-refractivity contribution in [3.63, 3.8) is 0 Å². The van der Waals surface area contributed by atoms with Crippen molar-refractivity contribution in [1.82, 2.24) is 5.32 Å². The van der Waals surface area contributed by atoms with Gasteiger partial charge in [-0.1, -0.05) is 35.9 Å². The number of aliphatic carboxylic acids is 1. The maximum Gasteiger partial charge on any atom is 0.307 e. The largest absolute Gasteiger partial charge is 0.481 e. The first-order chi connectivity index (χ1) is 10.6. The summed E-state index contributed by atoms with van der Waals surface area (Å²) in [5, 5.41) is 13.0. The quantitative estimate of drug-likeness (QED) is 0.839. The third kappa shape index (κ3) is 2.88. The predicted octanol–water partition coefficient (Wildman–Crippen LogP) is 2.87. The second-order valence-electron chi connectivity index (χ2n) is 6.02. The Labute approximate surface area is 134 Å². The highest BCUT2D eigenvalue weighted by Gasteiger charge is 2.47. The van der Waals surface area contributed by atoms with Gasteiger partial charge in [0.2, 0.25) is 5.91 Å². The van der Waals surface area contributed by atoms with Crippen LogP contribution in [0.15, 0.2) is 36.4 Å². The summed E-state index contributed by atoms with van der Waals surface area (Å²) in [4.78, 5) is 24.1. The Morgan fingerprint density at radius 1 is 1.09 bits per heavy atom. The van der Waals surface area contributed by atoms with Gasteiger partial charge in [0.15, 0.2) is 0 Å². The van der Waals surface area contributed by atoms with Gasteiger partial charge in [-0.2, -0.15) is 0 Å². The molecule has 0 aliphatic heterocycles. The van der Waals surface area contributed by atoms with E-state index in [1.807, 2.05) is 24.3 Å². The van der Waals surface area contributed by atoms with Crippen molar-refractivity contribution in [2.45, 2.75) is 19.4 Å². The fraction of sp³-hybridized carbons (Fsp3) is 0.412. The first-order valence-electron chi connectivity index (χ1n) is 7.49. The lowest BCUT2D eigenvalue weighted by atomic mass is 9.62. The maximum atomic E-state index is 12.5. The SMILES string of the molecule is O=C(NCc1ccc(Cl)cc1)[C@@H]1[C@@H](C(=O)O)[C@H]2C=C[C@@H]1CC2. The van der Waals surface area contributed by atoms with Gasteiger partial charge in [-0.05, 0) is 42.4 Å². The van der Waals surface area contributed by atoms with Gasteiger partial charge in [0, 0.05) is 11.6 Å². The van der Waals surface area contributed by atoms with Gasteiger partial charge in [-0.3, -0.25) is 9.59 Å². The Hall–Kier alpha value is -1.81. The van der Waals surface area contributed by atoms with Crippen molar-refractivity contribution >= 4 is 23.5 Å². The number of carboxylic acids is 1. The van der Waals surface area contributed by atoms with Crippen molar-refractivity contribution in [3.8, 4) is 0 Å². The Kier molecular flexibility index (Phi) is 4.21. The van der Waals surface area contributed by atoms with Gasteiger partial charge >= 0.3 is 5.97 Å². The number of allylic oxidation sites excluding steroid dienone is 2. The molecule has 0 spiro atoms. The molecule has 0 saturated heterocycles. The number of carboxylic acid groups (broad SMARTS) is 1. The number of rotatable bonds is 4. The zero-order valence-electron chi connectivity index (χ0n) is 12.0. The lowest BCUT2D eigenvalue weighted by molar-refractivity contribution is -0.153. The Morgan fingerprint density at radius 2 is 1.68 bits per heavy atom. The van der Waals surface area contributed by atoms with E-state index in [4.69, 9.17) is 11.6 Å². The second kappa shape index (κ2) is 6.13. The van der Waals surface area contributed by atoms with Crippen molar-refractivity contribution in [3.05, 3.63) is 47.0 Å². The van der Waals surface area contributed by atoms with E-state index in [2.05, 4.69) is 5.32 Å². The van der Waals surface area contributed by atoms with Gasteiger partial charge in [0.1, 0.15) is 0 Å². The summed E-state index contributed by atoms with van der Waals surface area (Å²) in [6.45, 7) is 0.389. The van der Waals surface area contributed by atoms with Crippen molar-refractivity contribution < 1.29 is 14.7 Å². The smallest absolute Gasteiger partial charge is 0.307 e. The topological polar surface area (TPSA) is 66.4 Å². The average Bonchev–Trinajstić information content (AvgIpc) is 2.54. The van der Waals surface area contributed by atoms with Gasteiger partial charge in [0.05, 0.1) is 11.8 Å². The highest BCUT2D eigenvalue weighted by atomic mass is 35.5. The minimum absolute atomic E-state index is 0.0196. The van der Waals surface area contributed by atoms with E-state index in [0.717, 1.165) is 18.4 Å². The van der Waals surface area contributed by atoms with Crippen LogP contribution in [0.1, 0.15) is 18.4 Å². The number of carbonyl (C=O) groups excluding carboxylic acids is 1. The molecule has 0 aromatic heterocycles. The van der Waals surface area contributed by atoms with E-state index in [0.29, 0.717) is 11.6 Å². The summed E-state index contributed by atoms with van der Waals surface area (Å²) in [5.41, 5.74) is 0.945. The molecule has 5 heteroatoms. The molecule has 0 heterocycles. The summed E-state index contributed by atoms with van der Waals surface area (Å²) < 4.78 is 0. The summed E-state index contributed by atoms with van der Waals surface area (Å²) >= 11 is 5.83. The van der Waals surface area contributed by atoms with E-state index in [-0.39, 0.29) is 17.7 Å². The van der Waals surface area contributed by atoms with Crippen molar-refractivity contribution in [1.29, 1.82) is 0 Å². The number of halogens is 1. The van der Waals surface area contributed by atoms with Crippen LogP contribution in [0.4, 0.5) is 0 Å². The van der Waals surface area contributed by atoms with Crippen LogP contribution in [0, 0.1) is 23.7 Å². The molecule has 2 N–H and O–H groups in total. The molecule has 0 unspecified atom stereocenters. The van der Waals surface area contributed by atoms with E-state index < -0.39 is 17.8 Å². The van der Waals surface area contributed by atoms with E-state index >= 15 is 0 Å². The Morgan fingerprint density at radius 3 is 2.23 bits per heavy atom. The number of benzene rings is 1. The number of hydrogen-bond donors (Lipinski definition) is 2. The van der Waals surface area contributed by atoms with Crippen LogP contribution in [0.2, 0.25) is 5.02 Å². The van der Waals surface area contributed by atoms with Crippen LogP contribution in [-0.4, -0.2) is 17.0 Å². The Balaban J connectivity index is 1.69. The van der Waals surface area contributed by atoms with Gasteiger partial charge < -0.3 is 10.4 Å². The molecule has 2 bridgehead atoms. The van der Waals surface area contributed by atoms with E-state index in [1.165, 1.54) is 0 Å². The molecule has 1 amide bonds. The van der Waals surface area contributed by atoms with Crippen LogP contribution in [0.3, 0.4) is 0 Å². The zero-order valence-corrected chi connectivity index (χ0v) is 12.8. The minimum atomic E-state index is -0.870. The molecule has 1 aromatic carbocycles. The van der Waals surface area contributed by atoms with Crippen LogP contribution >= 0.6 is 11.6 Å². The fourth-order valence-corrected chi connectivity index (χ4v) is 3.72. The number of nitrogens with one attached hydrogen (secondary N) is 1. The number of hydrogen-bond acceptors (Lipinski definition) is 2. The van der Waals surface area contributed by atoms with E-state index in [1.54, 1.807) is 12.1 Å². The molecule has 3 aliphatic rings. The van der Waals surface area contributed by atoms with Crippen molar-refractivity contribution in [2.75, 3.05) is 0 Å². The molecule has 1 saturated carbocycles. The zero-order chi connectivity index (χ0) is 15.7.